The summed E-state index contributed by atoms with van der Waals surface area (Å²) in [6.45, 7) is 0. The van der Waals surface area contributed by atoms with Crippen molar-refractivity contribution in [3.05, 3.63) is 47.8 Å². The Morgan fingerprint density at radius 3 is 2.58 bits per heavy atom. The molecule has 0 bridgehead atoms. The summed E-state index contributed by atoms with van der Waals surface area (Å²) in [4.78, 5) is 4.64. The van der Waals surface area contributed by atoms with E-state index in [2.05, 4.69) is 19.0 Å². The SMILES string of the molecule is COc1ccc(Nc2nc(-c3ccc4nsnc4c3)cs2)cc1.Cl. The predicted molar refractivity (Wildman–Crippen MR) is 102 cm³/mol. The number of hydrogen-bond donors (Lipinski definition) is 1. The lowest BCUT2D eigenvalue weighted by Crippen LogP contribution is -1.90. The van der Waals surface area contributed by atoms with Gasteiger partial charge in [0, 0.05) is 16.6 Å². The Kier molecular flexibility index (Phi) is 4.94. The maximum atomic E-state index is 5.16. The quantitative estimate of drug-likeness (QED) is 0.543. The van der Waals surface area contributed by atoms with E-state index in [0.717, 1.165) is 38.9 Å². The summed E-state index contributed by atoms with van der Waals surface area (Å²) in [7, 11) is 1.66. The third-order valence-electron chi connectivity index (χ3n) is 3.39. The van der Waals surface area contributed by atoms with Crippen molar-refractivity contribution in [1.82, 2.24) is 13.7 Å². The van der Waals surface area contributed by atoms with Crippen LogP contribution in [0, 0.1) is 0 Å². The van der Waals surface area contributed by atoms with Crippen molar-refractivity contribution in [2.45, 2.75) is 0 Å². The monoisotopic (exact) mass is 376 g/mol. The van der Waals surface area contributed by atoms with Gasteiger partial charge in [-0.3, -0.25) is 0 Å². The second-order valence-corrected chi connectivity index (χ2v) is 6.25. The van der Waals surface area contributed by atoms with E-state index in [1.54, 1.807) is 18.4 Å². The Bertz CT molecular complexity index is 952. The fourth-order valence-corrected chi connectivity index (χ4v) is 3.46. The number of aromatic nitrogens is 3. The molecule has 0 saturated carbocycles. The Morgan fingerprint density at radius 1 is 1.00 bits per heavy atom. The molecule has 2 heterocycles. The summed E-state index contributed by atoms with van der Waals surface area (Å²) >= 11 is 2.80. The highest BCUT2D eigenvalue weighted by Crippen LogP contribution is 2.29. The first-order chi connectivity index (χ1) is 11.3. The van der Waals surface area contributed by atoms with E-state index in [-0.39, 0.29) is 12.4 Å². The topological polar surface area (TPSA) is 59.9 Å². The number of rotatable bonds is 4. The van der Waals surface area contributed by atoms with Crippen LogP contribution in [0.25, 0.3) is 22.3 Å². The Morgan fingerprint density at radius 2 is 1.79 bits per heavy atom. The van der Waals surface area contributed by atoms with E-state index >= 15 is 0 Å². The normalized spacial score (nSPS) is 10.4. The third kappa shape index (κ3) is 3.33. The molecule has 4 aromatic rings. The smallest absolute Gasteiger partial charge is 0.187 e. The van der Waals surface area contributed by atoms with E-state index in [1.165, 1.54) is 11.7 Å². The van der Waals surface area contributed by atoms with Crippen LogP contribution in [0.5, 0.6) is 5.75 Å². The van der Waals surface area contributed by atoms with Gasteiger partial charge in [-0.25, -0.2) is 4.98 Å². The second-order valence-electron chi connectivity index (χ2n) is 4.86. The second kappa shape index (κ2) is 7.12. The van der Waals surface area contributed by atoms with Gasteiger partial charge in [0.15, 0.2) is 5.13 Å². The lowest BCUT2D eigenvalue weighted by atomic mass is 10.1. The number of benzene rings is 2. The molecule has 0 aliphatic rings. The number of nitrogens with one attached hydrogen (secondary N) is 1. The summed E-state index contributed by atoms with van der Waals surface area (Å²) in [5.41, 5.74) is 4.78. The Labute approximate surface area is 153 Å². The highest BCUT2D eigenvalue weighted by Gasteiger charge is 2.07. The average molecular weight is 377 g/mol. The molecule has 0 atom stereocenters. The fourth-order valence-electron chi connectivity index (χ4n) is 2.20. The van der Waals surface area contributed by atoms with Gasteiger partial charge in [-0.2, -0.15) is 8.75 Å². The predicted octanol–water partition coefficient (Wildman–Crippen LogP) is 4.99. The molecule has 1 N–H and O–H groups in total. The number of hydrogen-bond acceptors (Lipinski definition) is 7. The fraction of sp³-hybridized carbons (Fsp3) is 0.0625. The number of ether oxygens (including phenoxy) is 1. The van der Waals surface area contributed by atoms with E-state index in [0.29, 0.717) is 0 Å². The molecule has 2 aromatic carbocycles. The number of fused-ring (bicyclic) bond motifs is 1. The van der Waals surface area contributed by atoms with Gasteiger partial charge >= 0.3 is 0 Å². The van der Waals surface area contributed by atoms with Crippen molar-refractivity contribution in [3.63, 3.8) is 0 Å². The first-order valence-electron chi connectivity index (χ1n) is 6.91. The lowest BCUT2D eigenvalue weighted by molar-refractivity contribution is 0.415. The molecular weight excluding hydrogens is 364 g/mol. The zero-order valence-corrected chi connectivity index (χ0v) is 15.0. The molecule has 0 saturated heterocycles. The van der Waals surface area contributed by atoms with Crippen molar-refractivity contribution >= 4 is 57.3 Å². The van der Waals surface area contributed by atoms with Gasteiger partial charge in [-0.05, 0) is 36.4 Å². The minimum absolute atomic E-state index is 0. The van der Waals surface area contributed by atoms with Gasteiger partial charge in [0.2, 0.25) is 0 Å². The molecule has 4 rings (SSSR count). The summed E-state index contributed by atoms with van der Waals surface area (Å²) in [5, 5.41) is 6.19. The summed E-state index contributed by atoms with van der Waals surface area (Å²) in [5.74, 6) is 0.834. The number of anilines is 2. The van der Waals surface area contributed by atoms with Crippen LogP contribution >= 0.6 is 35.5 Å². The van der Waals surface area contributed by atoms with Crippen molar-refractivity contribution in [2.24, 2.45) is 0 Å². The number of nitrogens with zero attached hydrogens (tertiary/aromatic N) is 3. The highest BCUT2D eigenvalue weighted by molar-refractivity contribution is 7.14. The molecule has 0 spiro atoms. The molecule has 0 unspecified atom stereocenters. The van der Waals surface area contributed by atoms with Gasteiger partial charge in [0.05, 0.1) is 24.5 Å². The van der Waals surface area contributed by atoms with E-state index in [9.17, 15) is 0 Å². The third-order valence-corrected chi connectivity index (χ3v) is 4.71. The number of thiazole rings is 1. The molecule has 0 amide bonds. The molecule has 0 fully saturated rings. The number of methoxy groups -OCH3 is 1. The zero-order valence-electron chi connectivity index (χ0n) is 12.6. The van der Waals surface area contributed by atoms with Crippen LogP contribution < -0.4 is 10.1 Å². The zero-order chi connectivity index (χ0) is 15.6. The van der Waals surface area contributed by atoms with Crippen LogP contribution in [-0.2, 0) is 0 Å². The highest BCUT2D eigenvalue weighted by atomic mass is 35.5. The first-order valence-corrected chi connectivity index (χ1v) is 8.52. The molecule has 122 valence electrons. The molecule has 0 aliphatic heterocycles. The minimum atomic E-state index is 0. The van der Waals surface area contributed by atoms with Crippen molar-refractivity contribution < 1.29 is 4.74 Å². The maximum absolute atomic E-state index is 5.16. The molecule has 2 aromatic heterocycles. The van der Waals surface area contributed by atoms with Gasteiger partial charge in [-0.15, -0.1) is 23.7 Å². The van der Waals surface area contributed by atoms with E-state index in [4.69, 9.17) is 4.74 Å². The van der Waals surface area contributed by atoms with Crippen molar-refractivity contribution in [1.29, 1.82) is 0 Å². The molecule has 0 radical (unpaired) electrons. The standard InChI is InChI=1S/C16H12N4OS2.ClH/c1-21-12-5-3-11(4-6-12)17-16-18-15(9-22-16)10-2-7-13-14(8-10)20-23-19-13;/h2-9H,1H3,(H,17,18);1H. The number of halogens is 1. The van der Waals surface area contributed by atoms with E-state index < -0.39 is 0 Å². The van der Waals surface area contributed by atoms with Gasteiger partial charge < -0.3 is 10.1 Å². The van der Waals surface area contributed by atoms with E-state index in [1.807, 2.05) is 47.8 Å². The Balaban J connectivity index is 0.00000169. The molecule has 8 heteroatoms. The van der Waals surface area contributed by atoms with Crippen LogP contribution in [0.4, 0.5) is 10.8 Å². The van der Waals surface area contributed by atoms with Crippen LogP contribution in [0.2, 0.25) is 0 Å². The first kappa shape index (κ1) is 16.6. The van der Waals surface area contributed by atoms with Crippen LogP contribution in [-0.4, -0.2) is 20.8 Å². The molecule has 0 aliphatic carbocycles. The molecular formula is C16H13ClN4OS2. The van der Waals surface area contributed by atoms with Crippen LogP contribution in [0.15, 0.2) is 47.8 Å². The largest absolute Gasteiger partial charge is 0.497 e. The van der Waals surface area contributed by atoms with Crippen molar-refractivity contribution in [3.8, 4) is 17.0 Å². The van der Waals surface area contributed by atoms with Gasteiger partial charge in [0.1, 0.15) is 16.8 Å². The van der Waals surface area contributed by atoms with Crippen LogP contribution in [0.1, 0.15) is 0 Å². The van der Waals surface area contributed by atoms with Gasteiger partial charge in [-0.1, -0.05) is 6.07 Å². The van der Waals surface area contributed by atoms with Crippen LogP contribution in [0.3, 0.4) is 0 Å². The summed E-state index contributed by atoms with van der Waals surface area (Å²) < 4.78 is 13.7. The maximum Gasteiger partial charge on any atom is 0.187 e. The lowest BCUT2D eigenvalue weighted by Gasteiger charge is -2.04. The van der Waals surface area contributed by atoms with Crippen molar-refractivity contribution in [2.75, 3.05) is 12.4 Å². The molecule has 5 nitrogen and oxygen atoms in total. The summed E-state index contributed by atoms with van der Waals surface area (Å²) in [6.07, 6.45) is 0. The minimum Gasteiger partial charge on any atom is -0.497 e. The Hall–Kier alpha value is -2.22. The average Bonchev–Trinajstić information content (AvgIpc) is 3.23. The molecule has 24 heavy (non-hydrogen) atoms. The summed E-state index contributed by atoms with van der Waals surface area (Å²) in [6, 6.07) is 13.8. The van der Waals surface area contributed by atoms with Gasteiger partial charge in [0.25, 0.3) is 0 Å².